The SMILES string of the molecule is CC(=O)CC(C#N)(C#N)CCC(F)(F)F. The fourth-order valence-electron chi connectivity index (χ4n) is 1.08. The molecule has 0 N–H and O–H groups in total. The molecule has 0 fully saturated rings. The molecule has 0 rings (SSSR count). The summed E-state index contributed by atoms with van der Waals surface area (Å²) in [6.45, 7) is 1.14. The molecule has 0 aliphatic carbocycles. The van der Waals surface area contributed by atoms with E-state index in [0.29, 0.717) is 0 Å². The highest BCUT2D eigenvalue weighted by Crippen LogP contribution is 2.32. The first-order valence-electron chi connectivity index (χ1n) is 4.13. The second kappa shape index (κ2) is 4.79. The lowest BCUT2D eigenvalue weighted by Crippen LogP contribution is -2.23. The number of alkyl halides is 3. The highest BCUT2D eigenvalue weighted by molar-refractivity contribution is 5.77. The van der Waals surface area contributed by atoms with Crippen LogP contribution in [-0.2, 0) is 4.79 Å². The third kappa shape index (κ3) is 5.02. The minimum atomic E-state index is -4.42. The van der Waals surface area contributed by atoms with Crippen molar-refractivity contribution in [2.45, 2.75) is 32.4 Å². The van der Waals surface area contributed by atoms with Gasteiger partial charge in [-0.1, -0.05) is 0 Å². The molecule has 3 nitrogen and oxygen atoms in total. The summed E-state index contributed by atoms with van der Waals surface area (Å²) in [5.74, 6) is -0.472. The predicted octanol–water partition coefficient (Wildman–Crippen LogP) is 2.34. The number of hydrogen-bond acceptors (Lipinski definition) is 3. The smallest absolute Gasteiger partial charge is 0.300 e. The Morgan fingerprint density at radius 3 is 1.93 bits per heavy atom. The summed E-state index contributed by atoms with van der Waals surface area (Å²) < 4.78 is 35.7. The number of nitrogens with zero attached hydrogens (tertiary/aromatic N) is 2. The molecule has 82 valence electrons. The standard InChI is InChI=1S/C9H9F3N2O/c1-7(15)4-8(5-13,6-14)2-3-9(10,11)12/h2-4H2,1H3. The van der Waals surface area contributed by atoms with Crippen molar-refractivity contribution in [3.8, 4) is 12.1 Å². The van der Waals surface area contributed by atoms with Crippen molar-refractivity contribution >= 4 is 5.78 Å². The van der Waals surface area contributed by atoms with Gasteiger partial charge in [0.25, 0.3) is 0 Å². The van der Waals surface area contributed by atoms with Crippen molar-refractivity contribution in [3.05, 3.63) is 0 Å². The summed E-state index contributed by atoms with van der Waals surface area (Å²) in [6, 6.07) is 2.97. The topological polar surface area (TPSA) is 64.7 Å². The monoisotopic (exact) mass is 218 g/mol. The van der Waals surface area contributed by atoms with Crippen LogP contribution in [0.1, 0.15) is 26.2 Å². The zero-order chi connectivity index (χ0) is 12.1. The summed E-state index contributed by atoms with van der Waals surface area (Å²) in [7, 11) is 0. The van der Waals surface area contributed by atoms with E-state index < -0.39 is 36.6 Å². The van der Waals surface area contributed by atoms with Gasteiger partial charge >= 0.3 is 6.18 Å². The molecular weight excluding hydrogens is 209 g/mol. The van der Waals surface area contributed by atoms with Gasteiger partial charge in [0.1, 0.15) is 5.78 Å². The van der Waals surface area contributed by atoms with Crippen LogP contribution in [0.25, 0.3) is 0 Å². The fraction of sp³-hybridized carbons (Fsp3) is 0.667. The zero-order valence-electron chi connectivity index (χ0n) is 8.06. The zero-order valence-corrected chi connectivity index (χ0v) is 8.06. The lowest BCUT2D eigenvalue weighted by atomic mass is 9.81. The minimum Gasteiger partial charge on any atom is -0.300 e. The molecule has 0 aliphatic rings. The summed E-state index contributed by atoms with van der Waals surface area (Å²) in [4.78, 5) is 10.7. The first kappa shape index (κ1) is 13.4. The van der Waals surface area contributed by atoms with Gasteiger partial charge in [-0.15, -0.1) is 0 Å². The third-order valence-corrected chi connectivity index (χ3v) is 1.81. The van der Waals surface area contributed by atoms with E-state index in [4.69, 9.17) is 10.5 Å². The van der Waals surface area contributed by atoms with Gasteiger partial charge in [0.05, 0.1) is 12.1 Å². The molecule has 0 heterocycles. The second-order valence-corrected chi connectivity index (χ2v) is 3.30. The number of carbonyl (C=O) groups is 1. The highest BCUT2D eigenvalue weighted by Gasteiger charge is 2.37. The average Bonchev–Trinajstić information content (AvgIpc) is 2.10. The number of carbonyl (C=O) groups excluding carboxylic acids is 1. The van der Waals surface area contributed by atoms with Crippen LogP contribution in [-0.4, -0.2) is 12.0 Å². The Balaban J connectivity index is 4.63. The Bertz CT molecular complexity index is 308. The molecule has 0 atom stereocenters. The summed E-state index contributed by atoms with van der Waals surface area (Å²) in [5, 5.41) is 17.3. The van der Waals surface area contributed by atoms with Gasteiger partial charge in [0, 0.05) is 12.8 Å². The normalized spacial score (nSPS) is 11.6. The van der Waals surface area contributed by atoms with Crippen molar-refractivity contribution < 1.29 is 18.0 Å². The largest absolute Gasteiger partial charge is 0.389 e. The van der Waals surface area contributed by atoms with E-state index >= 15 is 0 Å². The van der Waals surface area contributed by atoms with Crippen LogP contribution in [0, 0.1) is 28.1 Å². The van der Waals surface area contributed by atoms with Crippen LogP contribution in [0.5, 0.6) is 0 Å². The van der Waals surface area contributed by atoms with Gasteiger partial charge < -0.3 is 0 Å². The Morgan fingerprint density at radius 2 is 1.67 bits per heavy atom. The first-order valence-corrected chi connectivity index (χ1v) is 4.13. The molecular formula is C9H9F3N2O. The molecule has 0 unspecified atom stereocenters. The maximum absolute atomic E-state index is 11.9. The van der Waals surface area contributed by atoms with Crippen LogP contribution in [0.15, 0.2) is 0 Å². The number of halogens is 3. The molecule has 0 aromatic rings. The van der Waals surface area contributed by atoms with Gasteiger partial charge in [0.15, 0.2) is 5.41 Å². The molecule has 0 radical (unpaired) electrons. The molecule has 0 bridgehead atoms. The molecule has 0 amide bonds. The van der Waals surface area contributed by atoms with Gasteiger partial charge in [0.2, 0.25) is 0 Å². The molecule has 0 aromatic carbocycles. The van der Waals surface area contributed by atoms with Crippen molar-refractivity contribution in [2.24, 2.45) is 5.41 Å². The van der Waals surface area contributed by atoms with E-state index in [1.807, 2.05) is 0 Å². The summed E-state index contributed by atoms with van der Waals surface area (Å²) in [5.41, 5.74) is -1.85. The highest BCUT2D eigenvalue weighted by atomic mass is 19.4. The van der Waals surface area contributed by atoms with E-state index in [1.165, 1.54) is 12.1 Å². The summed E-state index contributed by atoms with van der Waals surface area (Å²) in [6.07, 6.45) is -6.78. The fourth-order valence-corrected chi connectivity index (χ4v) is 1.08. The maximum Gasteiger partial charge on any atom is 0.389 e. The Labute approximate surface area is 85.1 Å². The molecule has 6 heteroatoms. The molecule has 0 aromatic heterocycles. The van der Waals surface area contributed by atoms with Crippen LogP contribution in [0.4, 0.5) is 13.2 Å². The van der Waals surface area contributed by atoms with E-state index in [1.54, 1.807) is 0 Å². The average molecular weight is 218 g/mol. The Hall–Kier alpha value is -1.56. The van der Waals surface area contributed by atoms with Crippen molar-refractivity contribution in [2.75, 3.05) is 0 Å². The lowest BCUT2D eigenvalue weighted by Gasteiger charge is -2.17. The van der Waals surface area contributed by atoms with Crippen molar-refractivity contribution in [3.63, 3.8) is 0 Å². The van der Waals surface area contributed by atoms with E-state index in [0.717, 1.165) is 6.92 Å². The quantitative estimate of drug-likeness (QED) is 0.727. The van der Waals surface area contributed by atoms with Crippen LogP contribution in [0.2, 0.25) is 0 Å². The maximum atomic E-state index is 11.9. The Morgan fingerprint density at radius 1 is 1.20 bits per heavy atom. The van der Waals surface area contributed by atoms with Crippen LogP contribution in [0.3, 0.4) is 0 Å². The number of rotatable bonds is 4. The van der Waals surface area contributed by atoms with E-state index in [9.17, 15) is 18.0 Å². The van der Waals surface area contributed by atoms with Crippen molar-refractivity contribution in [1.29, 1.82) is 10.5 Å². The minimum absolute atomic E-state index is 0.462. The number of Topliss-reactive ketones (excluding diaryl/α,β-unsaturated/α-hetero) is 1. The molecule has 15 heavy (non-hydrogen) atoms. The number of hydrogen-bond donors (Lipinski definition) is 0. The van der Waals surface area contributed by atoms with Crippen LogP contribution < -0.4 is 0 Å². The predicted molar refractivity (Wildman–Crippen MR) is 44.2 cm³/mol. The lowest BCUT2D eigenvalue weighted by molar-refractivity contribution is -0.139. The van der Waals surface area contributed by atoms with E-state index in [-0.39, 0.29) is 0 Å². The molecule has 0 saturated carbocycles. The van der Waals surface area contributed by atoms with E-state index in [2.05, 4.69) is 0 Å². The van der Waals surface area contributed by atoms with Gasteiger partial charge in [-0.3, -0.25) is 4.79 Å². The van der Waals surface area contributed by atoms with Crippen molar-refractivity contribution in [1.82, 2.24) is 0 Å². The van der Waals surface area contributed by atoms with Gasteiger partial charge in [-0.2, -0.15) is 23.7 Å². The number of ketones is 1. The van der Waals surface area contributed by atoms with Crippen LogP contribution >= 0.6 is 0 Å². The third-order valence-electron chi connectivity index (χ3n) is 1.81. The summed E-state index contributed by atoms with van der Waals surface area (Å²) >= 11 is 0. The Kier molecular flexibility index (Phi) is 4.29. The van der Waals surface area contributed by atoms with Gasteiger partial charge in [-0.25, -0.2) is 0 Å². The number of nitriles is 2. The molecule has 0 saturated heterocycles. The molecule has 0 aliphatic heterocycles. The second-order valence-electron chi connectivity index (χ2n) is 3.30. The van der Waals surface area contributed by atoms with Gasteiger partial charge in [-0.05, 0) is 13.3 Å². The first-order chi connectivity index (χ1) is 6.74. The molecule has 0 spiro atoms.